The second-order valence-electron chi connectivity index (χ2n) is 8.49. The van der Waals surface area contributed by atoms with E-state index in [1.54, 1.807) is 25.6 Å². The molecular weight excluding hydrogens is 435 g/mol. The second kappa shape index (κ2) is 9.09. The van der Waals surface area contributed by atoms with Gasteiger partial charge < -0.3 is 20.4 Å². The minimum Gasteiger partial charge on any atom is -0.497 e. The van der Waals surface area contributed by atoms with Crippen molar-refractivity contribution < 1.29 is 13.9 Å². The zero-order valence-electron chi connectivity index (χ0n) is 18.7. The number of amides is 1. The average Bonchev–Trinajstić information content (AvgIpc) is 3.29. The van der Waals surface area contributed by atoms with Gasteiger partial charge in [-0.15, -0.1) is 0 Å². The van der Waals surface area contributed by atoms with E-state index in [4.69, 9.17) is 10.5 Å². The molecule has 2 aromatic heterocycles. The molecule has 9 heteroatoms. The van der Waals surface area contributed by atoms with Crippen LogP contribution in [0.4, 0.5) is 15.9 Å². The van der Waals surface area contributed by atoms with Gasteiger partial charge in [0, 0.05) is 29.3 Å². The fourth-order valence-corrected chi connectivity index (χ4v) is 4.52. The van der Waals surface area contributed by atoms with Gasteiger partial charge in [-0.25, -0.2) is 19.3 Å². The number of methoxy groups -OCH3 is 1. The maximum atomic E-state index is 13.7. The van der Waals surface area contributed by atoms with Crippen LogP contribution in [-0.4, -0.2) is 32.5 Å². The number of hydrogen-bond acceptors (Lipinski definition) is 6. The Bertz CT molecular complexity index is 1350. The highest BCUT2D eigenvalue weighted by Gasteiger charge is 2.28. The number of benzene rings is 2. The molecule has 34 heavy (non-hydrogen) atoms. The average molecular weight is 461 g/mol. The van der Waals surface area contributed by atoms with E-state index < -0.39 is 0 Å². The van der Waals surface area contributed by atoms with Crippen LogP contribution in [-0.2, 0) is 4.79 Å². The zero-order valence-corrected chi connectivity index (χ0v) is 18.7. The van der Waals surface area contributed by atoms with E-state index in [1.807, 2.05) is 28.8 Å². The van der Waals surface area contributed by atoms with E-state index in [9.17, 15) is 9.18 Å². The summed E-state index contributed by atoms with van der Waals surface area (Å²) in [4.78, 5) is 26.2. The van der Waals surface area contributed by atoms with Crippen LogP contribution < -0.4 is 15.8 Å². The standard InChI is InChI=1S/C25H25FN6O2/c1-34-20-7-3-6-18(13-20)29-25(33)15-8-10-19(11-9-15)32-14-28-21-22(27)30-23(31-24(21)32)16-4-2-5-17(26)12-16/h2-7,12-15,19H,8-11H2,1H3,(H,29,33)(H2,27,30,31)/t15-,19+. The summed E-state index contributed by atoms with van der Waals surface area (Å²) >= 11 is 0. The number of carbonyl (C=O) groups excluding carboxylic acids is 1. The van der Waals surface area contributed by atoms with Crippen molar-refractivity contribution in [2.24, 2.45) is 5.92 Å². The molecule has 0 radical (unpaired) electrons. The topological polar surface area (TPSA) is 108 Å². The summed E-state index contributed by atoms with van der Waals surface area (Å²) in [6.07, 6.45) is 4.84. The molecule has 5 rings (SSSR count). The Balaban J connectivity index is 1.32. The summed E-state index contributed by atoms with van der Waals surface area (Å²) in [5, 5.41) is 3.00. The zero-order chi connectivity index (χ0) is 23.7. The minimum atomic E-state index is -0.362. The molecule has 1 aliphatic rings. The number of hydrogen-bond donors (Lipinski definition) is 2. The summed E-state index contributed by atoms with van der Waals surface area (Å²) in [6.45, 7) is 0. The van der Waals surface area contributed by atoms with Gasteiger partial charge in [-0.05, 0) is 49.9 Å². The minimum absolute atomic E-state index is 0.0159. The normalized spacial score (nSPS) is 18.1. The SMILES string of the molecule is COc1cccc(NC(=O)[C@H]2CC[C@@H](n3cnc4c(N)nc(-c5cccc(F)c5)nc43)CC2)c1. The predicted octanol–water partition coefficient (Wildman–Crippen LogP) is 4.59. The number of anilines is 2. The maximum absolute atomic E-state index is 13.7. The van der Waals surface area contributed by atoms with Gasteiger partial charge in [0.25, 0.3) is 0 Å². The first-order chi connectivity index (χ1) is 16.5. The monoisotopic (exact) mass is 460 g/mol. The van der Waals surface area contributed by atoms with Gasteiger partial charge in [-0.2, -0.15) is 0 Å². The van der Waals surface area contributed by atoms with Crippen LogP contribution in [0, 0.1) is 11.7 Å². The summed E-state index contributed by atoms with van der Waals surface area (Å²) in [5.41, 5.74) is 8.58. The molecule has 0 spiro atoms. The third kappa shape index (κ3) is 4.28. The summed E-state index contributed by atoms with van der Waals surface area (Å²) < 4.78 is 20.9. The lowest BCUT2D eigenvalue weighted by molar-refractivity contribution is -0.120. The number of nitrogens with two attached hydrogens (primary N) is 1. The van der Waals surface area contributed by atoms with Crippen LogP contribution in [0.25, 0.3) is 22.6 Å². The van der Waals surface area contributed by atoms with Crippen molar-refractivity contribution in [3.05, 3.63) is 60.7 Å². The Morgan fingerprint density at radius 2 is 1.91 bits per heavy atom. The second-order valence-corrected chi connectivity index (χ2v) is 8.49. The van der Waals surface area contributed by atoms with E-state index in [0.717, 1.165) is 31.4 Å². The molecule has 8 nitrogen and oxygen atoms in total. The molecule has 0 unspecified atom stereocenters. The van der Waals surface area contributed by atoms with Gasteiger partial charge in [-0.1, -0.05) is 18.2 Å². The molecule has 174 valence electrons. The number of halogens is 1. The number of nitrogens with one attached hydrogen (secondary N) is 1. The van der Waals surface area contributed by atoms with Crippen LogP contribution in [0.3, 0.4) is 0 Å². The summed E-state index contributed by atoms with van der Waals surface area (Å²) in [7, 11) is 1.60. The van der Waals surface area contributed by atoms with Gasteiger partial charge in [0.15, 0.2) is 17.3 Å². The van der Waals surface area contributed by atoms with E-state index in [-0.39, 0.29) is 29.5 Å². The lowest BCUT2D eigenvalue weighted by atomic mass is 9.85. The molecule has 4 aromatic rings. The van der Waals surface area contributed by atoms with E-state index >= 15 is 0 Å². The highest BCUT2D eigenvalue weighted by molar-refractivity contribution is 5.92. The molecule has 2 aromatic carbocycles. The number of rotatable bonds is 5. The fourth-order valence-electron chi connectivity index (χ4n) is 4.52. The molecule has 0 saturated heterocycles. The molecule has 1 amide bonds. The highest BCUT2D eigenvalue weighted by Crippen LogP contribution is 2.35. The largest absolute Gasteiger partial charge is 0.497 e. The van der Waals surface area contributed by atoms with Crippen LogP contribution in [0.15, 0.2) is 54.9 Å². The van der Waals surface area contributed by atoms with Crippen molar-refractivity contribution in [2.75, 3.05) is 18.2 Å². The first kappa shape index (κ1) is 21.8. The van der Waals surface area contributed by atoms with Crippen LogP contribution in [0.2, 0.25) is 0 Å². The lowest BCUT2D eigenvalue weighted by Gasteiger charge is -2.28. The lowest BCUT2D eigenvalue weighted by Crippen LogP contribution is -2.28. The number of aromatic nitrogens is 4. The Labute approximate surface area is 196 Å². The summed E-state index contributed by atoms with van der Waals surface area (Å²) in [5.74, 6) is 0.903. The first-order valence-corrected chi connectivity index (χ1v) is 11.2. The van der Waals surface area contributed by atoms with Crippen molar-refractivity contribution in [2.45, 2.75) is 31.7 Å². The number of fused-ring (bicyclic) bond motifs is 1. The fraction of sp³-hybridized carbons (Fsp3) is 0.280. The van der Waals surface area contributed by atoms with Gasteiger partial charge in [0.05, 0.1) is 13.4 Å². The van der Waals surface area contributed by atoms with Crippen LogP contribution >= 0.6 is 0 Å². The smallest absolute Gasteiger partial charge is 0.227 e. The van der Waals surface area contributed by atoms with Crippen LogP contribution in [0.5, 0.6) is 5.75 Å². The molecule has 1 saturated carbocycles. The van der Waals surface area contributed by atoms with Crippen molar-refractivity contribution >= 4 is 28.6 Å². The molecule has 2 heterocycles. The van der Waals surface area contributed by atoms with Gasteiger partial charge in [0.2, 0.25) is 5.91 Å². The van der Waals surface area contributed by atoms with Crippen molar-refractivity contribution in [3.63, 3.8) is 0 Å². The van der Waals surface area contributed by atoms with Gasteiger partial charge in [0.1, 0.15) is 17.1 Å². The number of nitrogens with zero attached hydrogens (tertiary/aromatic N) is 4. The molecule has 0 atom stereocenters. The van der Waals surface area contributed by atoms with Crippen molar-refractivity contribution in [1.29, 1.82) is 0 Å². The Morgan fingerprint density at radius 3 is 2.68 bits per heavy atom. The number of imidazole rings is 1. The van der Waals surface area contributed by atoms with Gasteiger partial charge >= 0.3 is 0 Å². The van der Waals surface area contributed by atoms with Crippen molar-refractivity contribution in [1.82, 2.24) is 19.5 Å². The number of ether oxygens (including phenoxy) is 1. The Kier molecular flexibility index (Phi) is 5.83. The van der Waals surface area contributed by atoms with E-state index in [0.29, 0.717) is 28.3 Å². The molecule has 0 aliphatic heterocycles. The third-order valence-corrected chi connectivity index (χ3v) is 6.33. The molecule has 1 aliphatic carbocycles. The van der Waals surface area contributed by atoms with Gasteiger partial charge in [-0.3, -0.25) is 4.79 Å². The molecule has 3 N–H and O–H groups in total. The maximum Gasteiger partial charge on any atom is 0.227 e. The van der Waals surface area contributed by atoms with Crippen molar-refractivity contribution in [3.8, 4) is 17.1 Å². The molecule has 1 fully saturated rings. The Morgan fingerprint density at radius 1 is 1.12 bits per heavy atom. The third-order valence-electron chi connectivity index (χ3n) is 6.33. The number of nitrogen functional groups attached to an aromatic ring is 1. The molecule has 0 bridgehead atoms. The highest BCUT2D eigenvalue weighted by atomic mass is 19.1. The van der Waals surface area contributed by atoms with Crippen LogP contribution in [0.1, 0.15) is 31.7 Å². The summed E-state index contributed by atoms with van der Waals surface area (Å²) in [6, 6.07) is 13.6. The van der Waals surface area contributed by atoms with E-state index in [1.165, 1.54) is 12.1 Å². The predicted molar refractivity (Wildman–Crippen MR) is 128 cm³/mol. The van der Waals surface area contributed by atoms with E-state index in [2.05, 4.69) is 20.3 Å². The first-order valence-electron chi connectivity index (χ1n) is 11.2. The number of carbonyl (C=O) groups is 1. The quantitative estimate of drug-likeness (QED) is 0.451. The molecular formula is C25H25FN6O2. The Hall–Kier alpha value is -4.01.